The van der Waals surface area contributed by atoms with Crippen molar-refractivity contribution in [2.45, 2.75) is 17.4 Å². The maximum atomic E-state index is 13.2. The van der Waals surface area contributed by atoms with Gasteiger partial charge in [-0.15, -0.1) is 0 Å². The molecule has 0 bridgehead atoms. The van der Waals surface area contributed by atoms with E-state index in [9.17, 15) is 27.9 Å². The molecule has 0 aromatic heterocycles. The summed E-state index contributed by atoms with van der Waals surface area (Å²) in [6, 6.07) is 29.2. The van der Waals surface area contributed by atoms with Gasteiger partial charge in [0.1, 0.15) is 0 Å². The van der Waals surface area contributed by atoms with Crippen LogP contribution in [-0.4, -0.2) is 37.9 Å². The topological polar surface area (TPSA) is 142 Å². The van der Waals surface area contributed by atoms with E-state index in [0.717, 1.165) is 0 Å². The molecule has 0 unspecified atom stereocenters. The van der Waals surface area contributed by atoms with E-state index in [2.05, 4.69) is 15.4 Å². The molecule has 0 aliphatic rings. The Morgan fingerprint density at radius 2 is 1.38 bits per heavy atom. The van der Waals surface area contributed by atoms with Crippen LogP contribution in [0.1, 0.15) is 28.4 Å². The maximum absolute atomic E-state index is 13.2. The fourth-order valence-corrected chi connectivity index (χ4v) is 5.29. The van der Waals surface area contributed by atoms with E-state index < -0.39 is 34.4 Å². The minimum atomic E-state index is -4.07. The molecule has 0 radical (unpaired) electrons. The zero-order valence-electron chi connectivity index (χ0n) is 21.3. The third kappa shape index (κ3) is 7.62. The largest absolute Gasteiger partial charge is 0.481 e. The molecule has 4 aromatic carbocycles. The number of rotatable bonds is 11. The number of carbonyl (C=O) groups excluding carboxylic acids is 2. The molecule has 0 spiro atoms. The van der Waals surface area contributed by atoms with E-state index in [4.69, 9.17) is 0 Å². The van der Waals surface area contributed by atoms with Gasteiger partial charge in [0, 0.05) is 11.3 Å². The van der Waals surface area contributed by atoms with E-state index in [-0.39, 0.29) is 17.3 Å². The third-order valence-electron chi connectivity index (χ3n) is 5.95. The zero-order valence-corrected chi connectivity index (χ0v) is 22.1. The molecule has 0 saturated carbocycles. The van der Waals surface area contributed by atoms with Crippen molar-refractivity contribution >= 4 is 33.5 Å². The number of nitrogens with one attached hydrogen (secondary N) is 3. The quantitative estimate of drug-likeness (QED) is 0.218. The van der Waals surface area contributed by atoms with E-state index in [1.807, 2.05) is 0 Å². The highest BCUT2D eigenvalue weighted by molar-refractivity contribution is 7.89. The summed E-state index contributed by atoms with van der Waals surface area (Å²) < 4.78 is 29.0. The molecule has 4 N–H and O–H groups in total. The van der Waals surface area contributed by atoms with E-state index in [1.165, 1.54) is 12.1 Å². The predicted molar refractivity (Wildman–Crippen MR) is 151 cm³/mol. The van der Waals surface area contributed by atoms with Crippen molar-refractivity contribution in [2.75, 3.05) is 11.9 Å². The summed E-state index contributed by atoms with van der Waals surface area (Å²) in [5, 5.41) is 14.6. The van der Waals surface area contributed by atoms with Gasteiger partial charge >= 0.3 is 5.97 Å². The first-order valence-electron chi connectivity index (χ1n) is 12.3. The molecule has 0 fully saturated rings. The molecule has 0 aliphatic heterocycles. The SMILES string of the molecule is O=C(O)C[C@@H](NS(=O)(=O)c1cccc(-c2cccc(NC(=O)CNC(=O)c3ccccc3)c2)c1)c1ccccc1. The Morgan fingerprint density at radius 3 is 2.05 bits per heavy atom. The highest BCUT2D eigenvalue weighted by Crippen LogP contribution is 2.26. The monoisotopic (exact) mass is 557 g/mol. The second kappa shape index (κ2) is 12.8. The fraction of sp³-hybridized carbons (Fsp3) is 0.100. The first-order valence-corrected chi connectivity index (χ1v) is 13.8. The molecule has 4 rings (SSSR count). The van der Waals surface area contributed by atoms with Crippen LogP contribution in [0.4, 0.5) is 5.69 Å². The summed E-state index contributed by atoms with van der Waals surface area (Å²) in [6.45, 7) is -0.226. The Morgan fingerprint density at radius 1 is 0.750 bits per heavy atom. The van der Waals surface area contributed by atoms with Crippen molar-refractivity contribution in [3.63, 3.8) is 0 Å². The van der Waals surface area contributed by atoms with Crippen molar-refractivity contribution in [3.05, 3.63) is 120 Å². The van der Waals surface area contributed by atoms with Crippen LogP contribution < -0.4 is 15.4 Å². The smallest absolute Gasteiger partial charge is 0.305 e. The molecule has 9 nitrogen and oxygen atoms in total. The van der Waals surface area contributed by atoms with Gasteiger partial charge in [-0.2, -0.15) is 0 Å². The average molecular weight is 558 g/mol. The van der Waals surface area contributed by atoms with Gasteiger partial charge in [-0.1, -0.05) is 72.8 Å². The number of aliphatic carboxylic acids is 1. The summed E-state index contributed by atoms with van der Waals surface area (Å²) >= 11 is 0. The van der Waals surface area contributed by atoms with Crippen LogP contribution in [0.3, 0.4) is 0 Å². The molecular formula is C30H27N3O6S. The molecule has 40 heavy (non-hydrogen) atoms. The van der Waals surface area contributed by atoms with Crippen LogP contribution in [-0.2, 0) is 19.6 Å². The van der Waals surface area contributed by atoms with Gasteiger partial charge in [0.15, 0.2) is 0 Å². The first-order chi connectivity index (χ1) is 19.2. The standard InChI is InChI=1S/C30H27N3O6S/c34-28(20-31-30(37)22-11-5-2-6-12-22)32-25-15-7-13-23(17-25)24-14-8-16-26(18-24)40(38,39)33-27(19-29(35)36)21-9-3-1-4-10-21/h1-18,27,33H,19-20H2,(H,31,37)(H,32,34)(H,35,36)/t27-/m1/s1. The lowest BCUT2D eigenvalue weighted by Crippen LogP contribution is -2.32. The van der Waals surface area contributed by atoms with Gasteiger partial charge in [0.25, 0.3) is 5.91 Å². The second-order valence-corrected chi connectivity index (χ2v) is 10.6. The molecule has 2 amide bonds. The first kappa shape index (κ1) is 28.2. The lowest BCUT2D eigenvalue weighted by atomic mass is 10.1. The normalized spacial score (nSPS) is 11.8. The van der Waals surface area contributed by atoms with Crippen LogP contribution in [0.25, 0.3) is 11.1 Å². The van der Waals surface area contributed by atoms with Crippen molar-refractivity contribution < 1.29 is 27.9 Å². The molecular weight excluding hydrogens is 530 g/mol. The zero-order chi connectivity index (χ0) is 28.5. The Hall–Kier alpha value is -4.80. The summed E-state index contributed by atoms with van der Waals surface area (Å²) in [5.41, 5.74) is 2.67. The molecule has 10 heteroatoms. The number of hydrogen-bond acceptors (Lipinski definition) is 5. The van der Waals surface area contributed by atoms with Crippen molar-refractivity contribution in [1.29, 1.82) is 0 Å². The minimum absolute atomic E-state index is 0.0330. The second-order valence-electron chi connectivity index (χ2n) is 8.89. The molecule has 204 valence electrons. The number of carboxylic acids is 1. The van der Waals surface area contributed by atoms with Crippen LogP contribution in [0.5, 0.6) is 0 Å². The van der Waals surface area contributed by atoms with Crippen LogP contribution in [0.15, 0.2) is 114 Å². The number of carbonyl (C=O) groups is 3. The van der Waals surface area contributed by atoms with Crippen molar-refractivity contribution in [1.82, 2.24) is 10.0 Å². The molecule has 0 saturated heterocycles. The van der Waals surface area contributed by atoms with Crippen LogP contribution in [0, 0.1) is 0 Å². The Kier molecular flexibility index (Phi) is 9.05. The summed E-state index contributed by atoms with van der Waals surface area (Å²) in [7, 11) is -4.07. The Balaban J connectivity index is 1.47. The van der Waals surface area contributed by atoms with Crippen molar-refractivity contribution in [2.24, 2.45) is 0 Å². The van der Waals surface area contributed by atoms with Gasteiger partial charge < -0.3 is 15.7 Å². The number of hydrogen-bond donors (Lipinski definition) is 4. The van der Waals surface area contributed by atoms with Crippen LogP contribution in [0.2, 0.25) is 0 Å². The summed E-state index contributed by atoms with van der Waals surface area (Å²) in [6.07, 6.45) is -0.420. The number of benzene rings is 4. The van der Waals surface area contributed by atoms with Gasteiger partial charge in [-0.3, -0.25) is 14.4 Å². The predicted octanol–water partition coefficient (Wildman–Crippen LogP) is 4.22. The minimum Gasteiger partial charge on any atom is -0.481 e. The van der Waals surface area contributed by atoms with E-state index >= 15 is 0 Å². The average Bonchev–Trinajstić information content (AvgIpc) is 2.96. The number of sulfonamides is 1. The molecule has 0 aliphatic carbocycles. The van der Waals surface area contributed by atoms with Gasteiger partial charge in [0.05, 0.1) is 23.9 Å². The molecule has 4 aromatic rings. The van der Waals surface area contributed by atoms with Crippen molar-refractivity contribution in [3.8, 4) is 11.1 Å². The highest BCUT2D eigenvalue weighted by atomic mass is 32.2. The summed E-state index contributed by atoms with van der Waals surface area (Å²) in [4.78, 5) is 36.0. The number of amides is 2. The number of carboxylic acid groups (broad SMARTS) is 1. The van der Waals surface area contributed by atoms with E-state index in [1.54, 1.807) is 97.1 Å². The highest BCUT2D eigenvalue weighted by Gasteiger charge is 2.24. The van der Waals surface area contributed by atoms with Gasteiger partial charge in [-0.05, 0) is 53.1 Å². The lowest BCUT2D eigenvalue weighted by Gasteiger charge is -2.18. The van der Waals surface area contributed by atoms with E-state index in [0.29, 0.717) is 27.9 Å². The van der Waals surface area contributed by atoms with Crippen LogP contribution >= 0.6 is 0 Å². The lowest BCUT2D eigenvalue weighted by molar-refractivity contribution is -0.137. The summed E-state index contributed by atoms with van der Waals surface area (Å²) in [5.74, 6) is -1.93. The molecule has 1 atom stereocenters. The van der Waals surface area contributed by atoms with Gasteiger partial charge in [-0.25, -0.2) is 13.1 Å². The maximum Gasteiger partial charge on any atom is 0.305 e. The Labute approximate surface area is 231 Å². The van der Waals surface area contributed by atoms with Gasteiger partial charge in [0.2, 0.25) is 15.9 Å². The fourth-order valence-electron chi connectivity index (χ4n) is 4.02. The third-order valence-corrected chi connectivity index (χ3v) is 7.42. The Bertz CT molecular complexity index is 1610. The molecule has 0 heterocycles. The number of anilines is 1.